The van der Waals surface area contributed by atoms with Crippen molar-refractivity contribution < 1.29 is 13.2 Å². The van der Waals surface area contributed by atoms with Crippen LogP contribution in [0.25, 0.3) is 11.0 Å². The van der Waals surface area contributed by atoms with Crippen molar-refractivity contribution in [3.05, 3.63) is 48.7 Å². The normalized spacial score (nSPS) is 11.6. The largest absolute Gasteiger partial charge is 0.416 e. The van der Waals surface area contributed by atoms with E-state index < -0.39 is 11.7 Å². The van der Waals surface area contributed by atoms with Crippen molar-refractivity contribution >= 4 is 22.5 Å². The predicted octanol–water partition coefficient (Wildman–Crippen LogP) is 3.18. The molecule has 0 fully saturated rings. The minimum Gasteiger partial charge on any atom is -0.338 e. The van der Waals surface area contributed by atoms with Crippen LogP contribution in [0.4, 0.5) is 24.7 Å². The van der Waals surface area contributed by atoms with E-state index in [9.17, 15) is 13.2 Å². The van der Waals surface area contributed by atoms with Crippen molar-refractivity contribution in [2.45, 2.75) is 6.18 Å². The molecule has 0 atom stereocenters. The Morgan fingerprint density at radius 2 is 1.86 bits per heavy atom. The van der Waals surface area contributed by atoms with Gasteiger partial charge in [0.1, 0.15) is 23.7 Å². The van der Waals surface area contributed by atoms with Crippen molar-refractivity contribution in [3.8, 4) is 0 Å². The second-order valence-corrected chi connectivity index (χ2v) is 4.18. The average molecular weight is 291 g/mol. The maximum absolute atomic E-state index is 12.7. The fraction of sp³-hybridized carbons (Fsp3) is 0.0769. The maximum Gasteiger partial charge on any atom is 0.416 e. The summed E-state index contributed by atoms with van der Waals surface area (Å²) in [5, 5.41) is 2.82. The van der Waals surface area contributed by atoms with Gasteiger partial charge in [-0.15, -0.1) is 0 Å². The van der Waals surface area contributed by atoms with E-state index in [1.165, 1.54) is 31.0 Å². The second-order valence-electron chi connectivity index (χ2n) is 4.18. The number of aromatic nitrogens is 4. The molecule has 8 heteroatoms. The van der Waals surface area contributed by atoms with Gasteiger partial charge in [0.25, 0.3) is 0 Å². The van der Waals surface area contributed by atoms with Gasteiger partial charge in [0.2, 0.25) is 0 Å². The Hall–Kier alpha value is -2.77. The SMILES string of the molecule is FC(F)(F)c1cccc(Nc2ncnc3cncnc23)c1. The molecule has 0 saturated carbocycles. The first kappa shape index (κ1) is 13.2. The zero-order valence-corrected chi connectivity index (χ0v) is 10.5. The molecule has 0 aliphatic carbocycles. The molecule has 0 amide bonds. The fourth-order valence-corrected chi connectivity index (χ4v) is 1.81. The predicted molar refractivity (Wildman–Crippen MR) is 69.9 cm³/mol. The molecule has 0 spiro atoms. The number of hydrogen-bond donors (Lipinski definition) is 1. The quantitative estimate of drug-likeness (QED) is 0.785. The number of alkyl halides is 3. The molecule has 3 aromatic rings. The monoisotopic (exact) mass is 291 g/mol. The van der Waals surface area contributed by atoms with E-state index in [-0.39, 0.29) is 5.69 Å². The van der Waals surface area contributed by atoms with Crippen LogP contribution in [-0.4, -0.2) is 19.9 Å². The van der Waals surface area contributed by atoms with Crippen LogP contribution < -0.4 is 5.32 Å². The Labute approximate surface area is 116 Å². The van der Waals surface area contributed by atoms with Crippen molar-refractivity contribution in [2.24, 2.45) is 0 Å². The lowest BCUT2D eigenvalue weighted by molar-refractivity contribution is -0.137. The first-order valence-electron chi connectivity index (χ1n) is 5.89. The summed E-state index contributed by atoms with van der Waals surface area (Å²) in [5.74, 6) is 0.321. The topological polar surface area (TPSA) is 63.6 Å². The van der Waals surface area contributed by atoms with Gasteiger partial charge in [0.05, 0.1) is 11.8 Å². The molecular formula is C13H8F3N5. The van der Waals surface area contributed by atoms with Gasteiger partial charge >= 0.3 is 6.18 Å². The summed E-state index contributed by atoms with van der Waals surface area (Å²) >= 11 is 0. The van der Waals surface area contributed by atoms with Gasteiger partial charge < -0.3 is 5.32 Å². The summed E-state index contributed by atoms with van der Waals surface area (Å²) in [5.41, 5.74) is 0.468. The highest BCUT2D eigenvalue weighted by molar-refractivity contribution is 5.85. The molecule has 0 saturated heterocycles. The minimum absolute atomic E-state index is 0.267. The summed E-state index contributed by atoms with van der Waals surface area (Å²) in [6.45, 7) is 0. The molecule has 0 aliphatic heterocycles. The van der Waals surface area contributed by atoms with Gasteiger partial charge in [-0.1, -0.05) is 6.07 Å². The number of hydrogen-bond acceptors (Lipinski definition) is 5. The number of rotatable bonds is 2. The van der Waals surface area contributed by atoms with Crippen molar-refractivity contribution in [2.75, 3.05) is 5.32 Å². The van der Waals surface area contributed by atoms with E-state index in [4.69, 9.17) is 0 Å². The highest BCUT2D eigenvalue weighted by Crippen LogP contribution is 2.31. The molecule has 2 aromatic heterocycles. The van der Waals surface area contributed by atoms with Crippen LogP contribution in [-0.2, 0) is 6.18 Å². The Kier molecular flexibility index (Phi) is 3.13. The fourth-order valence-electron chi connectivity index (χ4n) is 1.81. The number of nitrogens with one attached hydrogen (secondary N) is 1. The molecule has 2 heterocycles. The van der Waals surface area contributed by atoms with Gasteiger partial charge in [-0.05, 0) is 18.2 Å². The van der Waals surface area contributed by atoms with Crippen LogP contribution in [0.3, 0.4) is 0 Å². The molecule has 0 bridgehead atoms. The van der Waals surface area contributed by atoms with Crippen LogP contribution in [0, 0.1) is 0 Å². The molecule has 21 heavy (non-hydrogen) atoms. The molecule has 0 unspecified atom stereocenters. The lowest BCUT2D eigenvalue weighted by Crippen LogP contribution is -2.05. The van der Waals surface area contributed by atoms with Crippen molar-refractivity contribution in [1.29, 1.82) is 0 Å². The smallest absolute Gasteiger partial charge is 0.338 e. The lowest BCUT2D eigenvalue weighted by atomic mass is 10.2. The van der Waals surface area contributed by atoms with Crippen LogP contribution in [0.5, 0.6) is 0 Å². The highest BCUT2D eigenvalue weighted by atomic mass is 19.4. The van der Waals surface area contributed by atoms with Gasteiger partial charge in [0.15, 0.2) is 5.82 Å². The third-order valence-corrected chi connectivity index (χ3v) is 2.75. The average Bonchev–Trinajstić information content (AvgIpc) is 2.47. The van der Waals surface area contributed by atoms with Crippen LogP contribution in [0.15, 0.2) is 43.1 Å². The van der Waals surface area contributed by atoms with E-state index >= 15 is 0 Å². The summed E-state index contributed by atoms with van der Waals surface area (Å²) in [6.07, 6.45) is -0.278. The first-order valence-corrected chi connectivity index (χ1v) is 5.89. The van der Waals surface area contributed by atoms with Crippen LogP contribution >= 0.6 is 0 Å². The Morgan fingerprint density at radius 3 is 2.67 bits per heavy atom. The Balaban J connectivity index is 1.99. The first-order chi connectivity index (χ1) is 10.0. The third-order valence-electron chi connectivity index (χ3n) is 2.75. The summed E-state index contributed by atoms with van der Waals surface area (Å²) in [7, 11) is 0. The molecular weight excluding hydrogens is 283 g/mol. The third kappa shape index (κ3) is 2.73. The Morgan fingerprint density at radius 1 is 1.00 bits per heavy atom. The van der Waals surface area contributed by atoms with Gasteiger partial charge in [-0.25, -0.2) is 19.9 Å². The number of halogens is 3. The Bertz CT molecular complexity index is 783. The number of benzene rings is 1. The van der Waals surface area contributed by atoms with Gasteiger partial charge in [-0.3, -0.25) is 0 Å². The van der Waals surface area contributed by atoms with E-state index in [0.29, 0.717) is 16.9 Å². The molecule has 0 aliphatic rings. The van der Waals surface area contributed by atoms with Crippen molar-refractivity contribution in [3.63, 3.8) is 0 Å². The van der Waals surface area contributed by atoms with Gasteiger partial charge in [-0.2, -0.15) is 13.2 Å². The number of anilines is 2. The number of fused-ring (bicyclic) bond motifs is 1. The molecule has 0 radical (unpaired) electrons. The lowest BCUT2D eigenvalue weighted by Gasteiger charge is -2.10. The maximum atomic E-state index is 12.7. The molecule has 5 nitrogen and oxygen atoms in total. The van der Waals surface area contributed by atoms with E-state index in [1.54, 1.807) is 0 Å². The standard InChI is InChI=1S/C13H8F3N5/c14-13(15,16)8-2-1-3-9(4-8)21-12-11-10(18-7-20-12)5-17-6-19-11/h1-7H,(H,18,20,21). The number of nitrogens with zero attached hydrogens (tertiary/aromatic N) is 4. The highest BCUT2D eigenvalue weighted by Gasteiger charge is 2.30. The van der Waals surface area contributed by atoms with Crippen LogP contribution in [0.1, 0.15) is 5.56 Å². The summed E-state index contributed by atoms with van der Waals surface area (Å²) in [6, 6.07) is 4.86. The minimum atomic E-state index is -4.40. The van der Waals surface area contributed by atoms with E-state index in [2.05, 4.69) is 25.3 Å². The summed E-state index contributed by atoms with van der Waals surface area (Å²) in [4.78, 5) is 15.8. The molecule has 1 N–H and O–H groups in total. The van der Waals surface area contributed by atoms with E-state index in [1.807, 2.05) is 0 Å². The molecule has 1 aromatic carbocycles. The van der Waals surface area contributed by atoms with Gasteiger partial charge in [0, 0.05) is 5.69 Å². The zero-order chi connectivity index (χ0) is 14.9. The van der Waals surface area contributed by atoms with E-state index in [0.717, 1.165) is 12.1 Å². The molecule has 106 valence electrons. The summed E-state index contributed by atoms with van der Waals surface area (Å²) < 4.78 is 38.1. The second kappa shape index (κ2) is 4.97. The molecule has 3 rings (SSSR count). The van der Waals surface area contributed by atoms with Crippen LogP contribution in [0.2, 0.25) is 0 Å². The van der Waals surface area contributed by atoms with Crippen molar-refractivity contribution in [1.82, 2.24) is 19.9 Å². The zero-order valence-electron chi connectivity index (χ0n) is 10.5.